The smallest absolute Gasteiger partial charge is 0.225 e. The molecule has 1 aliphatic heterocycles. The third kappa shape index (κ3) is 5.32. The molecular formula is C22H29N3O4. The molecule has 2 aromatic carbocycles. The molecule has 1 N–H and O–H groups in total. The van der Waals surface area contributed by atoms with Gasteiger partial charge in [-0.05, 0) is 24.3 Å². The van der Waals surface area contributed by atoms with Crippen LogP contribution in [-0.2, 0) is 4.79 Å². The van der Waals surface area contributed by atoms with Gasteiger partial charge in [0.25, 0.3) is 0 Å². The lowest BCUT2D eigenvalue weighted by molar-refractivity contribution is -0.116. The molecule has 0 spiro atoms. The summed E-state index contributed by atoms with van der Waals surface area (Å²) in [7, 11) is 4.87. The fraction of sp³-hybridized carbons (Fsp3) is 0.409. The Bertz CT molecular complexity index is 819. The van der Waals surface area contributed by atoms with Gasteiger partial charge in [0.1, 0.15) is 5.75 Å². The summed E-state index contributed by atoms with van der Waals surface area (Å²) in [6, 6.07) is 13.4. The molecule has 2 aromatic rings. The van der Waals surface area contributed by atoms with Gasteiger partial charge >= 0.3 is 0 Å². The highest BCUT2D eigenvalue weighted by Crippen LogP contribution is 2.30. The van der Waals surface area contributed by atoms with Gasteiger partial charge in [0.05, 0.1) is 27.0 Å². The van der Waals surface area contributed by atoms with Crippen molar-refractivity contribution in [3.63, 3.8) is 0 Å². The number of hydrogen-bond acceptors (Lipinski definition) is 6. The molecule has 0 atom stereocenters. The summed E-state index contributed by atoms with van der Waals surface area (Å²) in [5.41, 5.74) is 1.83. The van der Waals surface area contributed by atoms with Crippen molar-refractivity contribution in [3.8, 4) is 17.2 Å². The Kier molecular flexibility index (Phi) is 7.19. The molecule has 0 aliphatic carbocycles. The van der Waals surface area contributed by atoms with Crippen LogP contribution >= 0.6 is 0 Å². The maximum Gasteiger partial charge on any atom is 0.225 e. The van der Waals surface area contributed by atoms with E-state index < -0.39 is 0 Å². The average molecular weight is 399 g/mol. The first-order valence-electron chi connectivity index (χ1n) is 9.76. The van der Waals surface area contributed by atoms with Gasteiger partial charge < -0.3 is 24.4 Å². The van der Waals surface area contributed by atoms with E-state index in [1.165, 1.54) is 0 Å². The molecule has 0 unspecified atom stereocenters. The normalized spacial score (nSPS) is 14.4. The first-order chi connectivity index (χ1) is 14.1. The molecule has 3 rings (SSSR count). The molecule has 1 amide bonds. The van der Waals surface area contributed by atoms with Crippen LogP contribution in [0, 0.1) is 0 Å². The minimum absolute atomic E-state index is 0.00984. The average Bonchev–Trinajstić information content (AvgIpc) is 2.78. The maximum atomic E-state index is 12.3. The Morgan fingerprint density at radius 2 is 1.59 bits per heavy atom. The monoisotopic (exact) mass is 399 g/mol. The van der Waals surface area contributed by atoms with Crippen molar-refractivity contribution in [1.29, 1.82) is 0 Å². The van der Waals surface area contributed by atoms with Crippen LogP contribution in [0.4, 0.5) is 11.4 Å². The highest BCUT2D eigenvalue weighted by molar-refractivity contribution is 5.91. The zero-order chi connectivity index (χ0) is 20.6. The Morgan fingerprint density at radius 3 is 2.28 bits per heavy atom. The second kappa shape index (κ2) is 10.0. The summed E-state index contributed by atoms with van der Waals surface area (Å²) < 4.78 is 16.0. The number of amides is 1. The predicted octanol–water partition coefficient (Wildman–Crippen LogP) is 2.86. The number of nitrogens with zero attached hydrogens (tertiary/aromatic N) is 2. The number of methoxy groups -OCH3 is 3. The predicted molar refractivity (Wildman–Crippen MR) is 114 cm³/mol. The summed E-state index contributed by atoms with van der Waals surface area (Å²) in [5, 5.41) is 2.93. The lowest BCUT2D eigenvalue weighted by Crippen LogP contribution is -2.47. The number of anilines is 2. The van der Waals surface area contributed by atoms with E-state index in [4.69, 9.17) is 14.2 Å². The minimum atomic E-state index is -0.00984. The lowest BCUT2D eigenvalue weighted by Gasteiger charge is -2.36. The van der Waals surface area contributed by atoms with Crippen LogP contribution in [0.5, 0.6) is 17.2 Å². The first-order valence-corrected chi connectivity index (χ1v) is 9.76. The van der Waals surface area contributed by atoms with Crippen molar-refractivity contribution in [2.24, 2.45) is 0 Å². The number of carbonyl (C=O) groups excluding carboxylic acids is 1. The summed E-state index contributed by atoms with van der Waals surface area (Å²) in [4.78, 5) is 17.0. The number of benzene rings is 2. The highest BCUT2D eigenvalue weighted by Gasteiger charge is 2.20. The molecule has 1 saturated heterocycles. The van der Waals surface area contributed by atoms with Gasteiger partial charge in [0.2, 0.25) is 5.91 Å². The molecule has 0 saturated carbocycles. The van der Waals surface area contributed by atoms with Gasteiger partial charge in [-0.3, -0.25) is 9.69 Å². The van der Waals surface area contributed by atoms with Gasteiger partial charge in [-0.1, -0.05) is 12.1 Å². The number of rotatable bonds is 8. The second-order valence-corrected chi connectivity index (χ2v) is 6.87. The lowest BCUT2D eigenvalue weighted by atomic mass is 10.2. The fourth-order valence-corrected chi connectivity index (χ4v) is 3.50. The van der Waals surface area contributed by atoms with E-state index in [0.717, 1.165) is 44.2 Å². The van der Waals surface area contributed by atoms with Crippen LogP contribution in [0.25, 0.3) is 0 Å². The van der Waals surface area contributed by atoms with Crippen molar-refractivity contribution >= 4 is 17.3 Å². The molecule has 29 heavy (non-hydrogen) atoms. The fourth-order valence-electron chi connectivity index (χ4n) is 3.50. The minimum Gasteiger partial charge on any atom is -0.495 e. The number of hydrogen-bond donors (Lipinski definition) is 1. The van der Waals surface area contributed by atoms with Crippen molar-refractivity contribution in [3.05, 3.63) is 42.5 Å². The molecule has 1 heterocycles. The maximum absolute atomic E-state index is 12.3. The van der Waals surface area contributed by atoms with Crippen molar-refractivity contribution < 1.29 is 19.0 Å². The van der Waals surface area contributed by atoms with E-state index in [1.807, 2.05) is 24.3 Å². The first kappa shape index (κ1) is 20.8. The number of ether oxygens (including phenoxy) is 3. The molecule has 0 aromatic heterocycles. The molecule has 156 valence electrons. The van der Waals surface area contributed by atoms with E-state index in [0.29, 0.717) is 23.6 Å². The van der Waals surface area contributed by atoms with Gasteiger partial charge in [-0.2, -0.15) is 0 Å². The van der Waals surface area contributed by atoms with Crippen molar-refractivity contribution in [2.45, 2.75) is 6.42 Å². The molecular weight excluding hydrogens is 370 g/mol. The second-order valence-electron chi connectivity index (χ2n) is 6.87. The topological polar surface area (TPSA) is 63.3 Å². The zero-order valence-corrected chi connectivity index (χ0v) is 17.3. The van der Waals surface area contributed by atoms with Gasteiger partial charge in [-0.25, -0.2) is 0 Å². The van der Waals surface area contributed by atoms with Crippen LogP contribution in [0.2, 0.25) is 0 Å². The molecule has 1 aliphatic rings. The van der Waals surface area contributed by atoms with Crippen molar-refractivity contribution in [1.82, 2.24) is 4.90 Å². The third-order valence-electron chi connectivity index (χ3n) is 5.12. The number of para-hydroxylation sites is 2. The quantitative estimate of drug-likeness (QED) is 0.737. The van der Waals surface area contributed by atoms with E-state index in [-0.39, 0.29) is 5.91 Å². The van der Waals surface area contributed by atoms with E-state index in [9.17, 15) is 4.79 Å². The van der Waals surface area contributed by atoms with E-state index >= 15 is 0 Å². The van der Waals surface area contributed by atoms with Gasteiger partial charge in [0.15, 0.2) is 11.5 Å². The van der Waals surface area contributed by atoms with Crippen LogP contribution in [0.1, 0.15) is 6.42 Å². The van der Waals surface area contributed by atoms with Crippen molar-refractivity contribution in [2.75, 3.05) is 64.3 Å². The highest BCUT2D eigenvalue weighted by atomic mass is 16.5. The summed E-state index contributed by atoms with van der Waals surface area (Å²) >= 11 is 0. The van der Waals surface area contributed by atoms with Crippen LogP contribution < -0.4 is 24.4 Å². The van der Waals surface area contributed by atoms with Crippen LogP contribution in [0.15, 0.2) is 42.5 Å². The standard InChI is InChI=1S/C22H29N3O4/c1-27-19-7-5-4-6-18(19)25-14-12-24(13-15-25)11-10-22(26)23-17-8-9-20(28-2)21(16-17)29-3/h4-9,16H,10-15H2,1-3H3,(H,23,26). The third-order valence-corrected chi connectivity index (χ3v) is 5.12. The molecule has 1 fully saturated rings. The van der Waals surface area contributed by atoms with Crippen LogP contribution in [0.3, 0.4) is 0 Å². The van der Waals surface area contributed by atoms with Gasteiger partial charge in [0, 0.05) is 50.9 Å². The largest absolute Gasteiger partial charge is 0.495 e. The Hall–Kier alpha value is -2.93. The molecule has 7 nitrogen and oxygen atoms in total. The number of carbonyl (C=O) groups is 1. The Labute approximate surface area is 172 Å². The molecule has 0 radical (unpaired) electrons. The molecule has 0 bridgehead atoms. The number of piperazine rings is 1. The number of nitrogens with one attached hydrogen (secondary N) is 1. The van der Waals surface area contributed by atoms with Crippen LogP contribution in [-0.4, -0.2) is 64.9 Å². The summed E-state index contributed by atoms with van der Waals surface area (Å²) in [5.74, 6) is 2.12. The Balaban J connectivity index is 1.46. The summed E-state index contributed by atoms with van der Waals surface area (Å²) in [6.07, 6.45) is 0.447. The van der Waals surface area contributed by atoms with E-state index in [2.05, 4.69) is 21.2 Å². The summed E-state index contributed by atoms with van der Waals surface area (Å²) in [6.45, 7) is 4.40. The SMILES string of the molecule is COc1ccc(NC(=O)CCN2CCN(c3ccccc3OC)CC2)cc1OC. The van der Waals surface area contributed by atoms with Gasteiger partial charge in [-0.15, -0.1) is 0 Å². The molecule has 7 heteroatoms. The van der Waals surface area contributed by atoms with E-state index in [1.54, 1.807) is 33.5 Å². The Morgan fingerprint density at radius 1 is 0.897 bits per heavy atom. The zero-order valence-electron chi connectivity index (χ0n) is 17.3.